The topological polar surface area (TPSA) is 33.7 Å². The van der Waals surface area contributed by atoms with Crippen LogP contribution in [-0.2, 0) is 9.47 Å². The quantitative estimate of drug-likeness (QED) is 0.783. The first kappa shape index (κ1) is 16.2. The van der Waals surface area contributed by atoms with Crippen LogP contribution in [0.25, 0.3) is 0 Å². The zero-order valence-corrected chi connectivity index (χ0v) is 13.7. The molecule has 20 heavy (non-hydrogen) atoms. The van der Waals surface area contributed by atoms with E-state index >= 15 is 0 Å². The van der Waals surface area contributed by atoms with Gasteiger partial charge < -0.3 is 14.8 Å². The molecule has 0 aromatic heterocycles. The van der Waals surface area contributed by atoms with Gasteiger partial charge in [0.1, 0.15) is 0 Å². The Morgan fingerprint density at radius 1 is 1.10 bits per heavy atom. The molecule has 2 fully saturated rings. The van der Waals surface area contributed by atoms with Crippen molar-refractivity contribution in [2.24, 2.45) is 0 Å². The molecular weight excluding hydrogens is 252 g/mol. The summed E-state index contributed by atoms with van der Waals surface area (Å²) >= 11 is 0. The monoisotopic (exact) mass is 284 g/mol. The van der Waals surface area contributed by atoms with Gasteiger partial charge >= 0.3 is 0 Å². The molecule has 4 nitrogen and oxygen atoms in total. The largest absolute Gasteiger partial charge is 0.378 e. The normalized spacial score (nSPS) is 27.6. The van der Waals surface area contributed by atoms with Gasteiger partial charge in [-0.05, 0) is 60.0 Å². The maximum atomic E-state index is 6.11. The van der Waals surface area contributed by atoms with E-state index in [-0.39, 0.29) is 11.2 Å². The summed E-state index contributed by atoms with van der Waals surface area (Å²) in [5.41, 5.74) is -0.0880. The Labute approximate surface area is 124 Å². The van der Waals surface area contributed by atoms with Crippen LogP contribution in [-0.4, -0.2) is 61.5 Å². The lowest BCUT2D eigenvalue weighted by Gasteiger charge is -2.47. The van der Waals surface area contributed by atoms with Crippen LogP contribution in [0, 0.1) is 0 Å². The van der Waals surface area contributed by atoms with Crippen LogP contribution in [0.5, 0.6) is 0 Å². The molecule has 0 aromatic carbocycles. The minimum absolute atomic E-state index is 0.0440. The third-order valence-corrected chi connectivity index (χ3v) is 4.02. The lowest BCUT2D eigenvalue weighted by Crippen LogP contribution is -2.57. The van der Waals surface area contributed by atoms with Crippen molar-refractivity contribution >= 4 is 0 Å². The Bertz CT molecular complexity index is 283. The van der Waals surface area contributed by atoms with Gasteiger partial charge in [-0.25, -0.2) is 0 Å². The highest BCUT2D eigenvalue weighted by Gasteiger charge is 2.37. The Kier molecular flexibility index (Phi) is 5.46. The average molecular weight is 284 g/mol. The maximum absolute atomic E-state index is 6.11. The second-order valence-corrected chi connectivity index (χ2v) is 7.51. The van der Waals surface area contributed by atoms with Crippen molar-refractivity contribution < 1.29 is 9.47 Å². The lowest BCUT2D eigenvalue weighted by atomic mass is 9.99. The number of rotatable bonds is 5. The molecule has 0 radical (unpaired) electrons. The predicted molar refractivity (Wildman–Crippen MR) is 82.1 cm³/mol. The first-order valence-corrected chi connectivity index (χ1v) is 8.11. The molecule has 0 atom stereocenters. The van der Waals surface area contributed by atoms with E-state index in [4.69, 9.17) is 9.47 Å². The second-order valence-electron chi connectivity index (χ2n) is 7.51. The summed E-state index contributed by atoms with van der Waals surface area (Å²) in [6.07, 6.45) is 3.93. The van der Waals surface area contributed by atoms with Crippen molar-refractivity contribution in [3.63, 3.8) is 0 Å². The van der Waals surface area contributed by atoms with E-state index in [1.165, 1.54) is 0 Å². The van der Waals surface area contributed by atoms with E-state index in [1.807, 2.05) is 0 Å². The molecule has 0 unspecified atom stereocenters. The summed E-state index contributed by atoms with van der Waals surface area (Å²) in [5, 5.41) is 3.37. The number of ether oxygens (including phenoxy) is 2. The fourth-order valence-corrected chi connectivity index (χ4v) is 3.60. The summed E-state index contributed by atoms with van der Waals surface area (Å²) in [7, 11) is 0. The molecule has 0 saturated carbocycles. The Morgan fingerprint density at radius 3 is 2.30 bits per heavy atom. The zero-order chi connectivity index (χ0) is 14.6. The third-order valence-electron chi connectivity index (χ3n) is 4.02. The van der Waals surface area contributed by atoms with Gasteiger partial charge in [0.2, 0.25) is 0 Å². The molecule has 0 spiro atoms. The van der Waals surface area contributed by atoms with E-state index in [2.05, 4.69) is 37.9 Å². The Morgan fingerprint density at radius 2 is 1.70 bits per heavy atom. The fraction of sp³-hybridized carbons (Fsp3) is 1.00. The van der Waals surface area contributed by atoms with Crippen molar-refractivity contribution in [2.75, 3.05) is 39.3 Å². The molecule has 118 valence electrons. The number of nitrogens with one attached hydrogen (secondary N) is 1. The number of piperidine rings is 1. The lowest BCUT2D eigenvalue weighted by molar-refractivity contribution is -0.180. The maximum Gasteiger partial charge on any atom is 0.0760 e. The summed E-state index contributed by atoms with van der Waals surface area (Å²) in [5.74, 6) is 0. The van der Waals surface area contributed by atoms with Gasteiger partial charge in [-0.3, -0.25) is 4.90 Å². The van der Waals surface area contributed by atoms with E-state index in [0.29, 0.717) is 6.10 Å². The van der Waals surface area contributed by atoms with Crippen molar-refractivity contribution in [3.8, 4) is 0 Å². The van der Waals surface area contributed by atoms with Crippen LogP contribution in [0.4, 0.5) is 0 Å². The van der Waals surface area contributed by atoms with Gasteiger partial charge in [-0.15, -0.1) is 0 Å². The molecule has 2 aliphatic rings. The zero-order valence-electron chi connectivity index (χ0n) is 13.7. The molecule has 1 N–H and O–H groups in total. The Hall–Kier alpha value is -0.160. The number of nitrogens with zero attached hydrogens (tertiary/aromatic N) is 1. The molecule has 0 aliphatic carbocycles. The van der Waals surface area contributed by atoms with E-state index < -0.39 is 0 Å². The van der Waals surface area contributed by atoms with Crippen LogP contribution in [0.3, 0.4) is 0 Å². The van der Waals surface area contributed by atoms with Crippen molar-refractivity contribution in [1.29, 1.82) is 0 Å². The second kappa shape index (κ2) is 6.73. The highest BCUT2D eigenvalue weighted by atomic mass is 16.5. The van der Waals surface area contributed by atoms with Crippen molar-refractivity contribution in [3.05, 3.63) is 0 Å². The SMILES string of the molecule is CC1(C)CN(CCCOC2CCNCC2)CC(C)(C)O1. The van der Waals surface area contributed by atoms with Crippen LogP contribution in [0.15, 0.2) is 0 Å². The minimum atomic E-state index is -0.0440. The van der Waals surface area contributed by atoms with Gasteiger partial charge in [0.25, 0.3) is 0 Å². The predicted octanol–water partition coefficient (Wildman–Crippen LogP) is 2.03. The fourth-order valence-electron chi connectivity index (χ4n) is 3.60. The number of hydrogen-bond donors (Lipinski definition) is 1. The number of hydrogen-bond acceptors (Lipinski definition) is 4. The molecule has 2 rings (SSSR count). The van der Waals surface area contributed by atoms with Crippen LogP contribution >= 0.6 is 0 Å². The van der Waals surface area contributed by atoms with Gasteiger partial charge in [0.15, 0.2) is 0 Å². The van der Waals surface area contributed by atoms with Crippen LogP contribution in [0.2, 0.25) is 0 Å². The van der Waals surface area contributed by atoms with E-state index in [9.17, 15) is 0 Å². The third kappa shape index (κ3) is 5.32. The van der Waals surface area contributed by atoms with Crippen molar-refractivity contribution in [1.82, 2.24) is 10.2 Å². The minimum Gasteiger partial charge on any atom is -0.378 e. The van der Waals surface area contributed by atoms with E-state index in [1.54, 1.807) is 0 Å². The molecule has 0 bridgehead atoms. The first-order chi connectivity index (χ1) is 9.36. The Balaban J connectivity index is 1.65. The van der Waals surface area contributed by atoms with Crippen LogP contribution < -0.4 is 5.32 Å². The average Bonchev–Trinajstić information content (AvgIpc) is 2.32. The summed E-state index contributed by atoms with van der Waals surface area (Å²) in [6.45, 7) is 15.0. The molecule has 2 saturated heterocycles. The highest BCUT2D eigenvalue weighted by Crippen LogP contribution is 2.27. The van der Waals surface area contributed by atoms with Crippen molar-refractivity contribution in [2.45, 2.75) is 64.3 Å². The standard InChI is InChI=1S/C16H32N2O2/c1-15(2)12-18(13-16(3,4)20-15)10-5-11-19-14-6-8-17-9-7-14/h14,17H,5-13H2,1-4H3. The van der Waals surface area contributed by atoms with Gasteiger partial charge in [0.05, 0.1) is 17.3 Å². The summed E-state index contributed by atoms with van der Waals surface area (Å²) < 4.78 is 12.1. The molecule has 0 amide bonds. The molecule has 4 heteroatoms. The molecule has 2 aliphatic heterocycles. The van der Waals surface area contributed by atoms with Gasteiger partial charge in [-0.1, -0.05) is 0 Å². The summed E-state index contributed by atoms with van der Waals surface area (Å²) in [4.78, 5) is 2.52. The van der Waals surface area contributed by atoms with Gasteiger partial charge in [0, 0.05) is 26.2 Å². The highest BCUT2D eigenvalue weighted by molar-refractivity contribution is 4.88. The molecule has 2 heterocycles. The molecular formula is C16H32N2O2. The smallest absolute Gasteiger partial charge is 0.0760 e. The molecule has 0 aromatic rings. The van der Waals surface area contributed by atoms with Gasteiger partial charge in [-0.2, -0.15) is 0 Å². The summed E-state index contributed by atoms with van der Waals surface area (Å²) in [6, 6.07) is 0. The van der Waals surface area contributed by atoms with E-state index in [0.717, 1.165) is 58.6 Å². The van der Waals surface area contributed by atoms with Crippen LogP contribution in [0.1, 0.15) is 47.0 Å². The first-order valence-electron chi connectivity index (χ1n) is 8.11. The number of morpholine rings is 1.